The van der Waals surface area contributed by atoms with E-state index in [9.17, 15) is 0 Å². The molecule has 0 saturated heterocycles. The zero-order chi connectivity index (χ0) is 15.1. The molecule has 0 aliphatic heterocycles. The largest absolute Gasteiger partial charge is 0.426 e. The molecule has 0 unspecified atom stereocenters. The van der Waals surface area contributed by atoms with E-state index in [-0.39, 0.29) is 0 Å². The van der Waals surface area contributed by atoms with Crippen LogP contribution in [0, 0.1) is 20.8 Å². The first kappa shape index (κ1) is 16.9. The minimum Gasteiger partial charge on any atom is -0.426 e. The van der Waals surface area contributed by atoms with Crippen molar-refractivity contribution in [1.82, 2.24) is 0 Å². The predicted octanol–water partition coefficient (Wildman–Crippen LogP) is 4.10. The lowest BCUT2D eigenvalue weighted by atomic mass is 9.99. The summed E-state index contributed by atoms with van der Waals surface area (Å²) in [6.07, 6.45) is 1.42. The molecule has 0 atom stereocenters. The molecule has 112 valence electrons. The molecule has 1 rings (SSSR count). The van der Waals surface area contributed by atoms with E-state index in [0.717, 1.165) is 28.0 Å². The second kappa shape index (κ2) is 8.20. The van der Waals surface area contributed by atoms with Crippen LogP contribution in [0.2, 0.25) is 0 Å². The third kappa shape index (κ3) is 4.17. The van der Waals surface area contributed by atoms with Crippen LogP contribution in [-0.2, 0) is 9.05 Å². The smallest absolute Gasteiger partial charge is 0.397 e. The van der Waals surface area contributed by atoms with Crippen LogP contribution in [0.4, 0.5) is 0 Å². The number of nitrogens with zero attached hydrogens (tertiary/aromatic N) is 1. The minimum atomic E-state index is -1.41. The predicted molar refractivity (Wildman–Crippen MR) is 80.8 cm³/mol. The number of hydrogen-bond acceptors (Lipinski definition) is 5. The van der Waals surface area contributed by atoms with E-state index < -0.39 is 8.60 Å². The Morgan fingerprint density at radius 3 is 2.25 bits per heavy atom. The van der Waals surface area contributed by atoms with Gasteiger partial charge in [-0.3, -0.25) is 0 Å². The summed E-state index contributed by atoms with van der Waals surface area (Å²) in [6.45, 7) is 10.7. The number of oxime groups is 1. The SMILES string of the molecule is CCOP(OCC)Oc1c(C)cc(C)c(/C=N/O)c1C. The average molecular weight is 299 g/mol. The average Bonchev–Trinajstić information content (AvgIpc) is 2.40. The topological polar surface area (TPSA) is 60.3 Å². The molecule has 0 aliphatic carbocycles. The van der Waals surface area contributed by atoms with E-state index >= 15 is 0 Å². The van der Waals surface area contributed by atoms with Crippen LogP contribution < -0.4 is 4.52 Å². The van der Waals surface area contributed by atoms with E-state index in [1.54, 1.807) is 0 Å². The number of aryl methyl sites for hydroxylation is 2. The summed E-state index contributed by atoms with van der Waals surface area (Å²) in [5.41, 5.74) is 3.78. The maximum Gasteiger partial charge on any atom is 0.397 e. The van der Waals surface area contributed by atoms with Gasteiger partial charge in [-0.2, -0.15) is 0 Å². The van der Waals surface area contributed by atoms with Crippen LogP contribution >= 0.6 is 8.60 Å². The highest BCUT2D eigenvalue weighted by Gasteiger charge is 2.18. The van der Waals surface area contributed by atoms with Crippen molar-refractivity contribution in [2.45, 2.75) is 34.6 Å². The molecule has 20 heavy (non-hydrogen) atoms. The molecule has 0 radical (unpaired) electrons. The third-order valence-electron chi connectivity index (χ3n) is 2.78. The quantitative estimate of drug-likeness (QED) is 0.356. The molecule has 0 fully saturated rings. The molecular formula is C14H22NO4P. The number of rotatable bonds is 7. The van der Waals surface area contributed by atoms with Crippen LogP contribution in [0.1, 0.15) is 36.1 Å². The highest BCUT2D eigenvalue weighted by Crippen LogP contribution is 2.43. The molecule has 1 N–H and O–H groups in total. The van der Waals surface area contributed by atoms with E-state index in [1.807, 2.05) is 40.7 Å². The molecule has 0 aromatic heterocycles. The van der Waals surface area contributed by atoms with Gasteiger partial charge in [-0.25, -0.2) is 0 Å². The van der Waals surface area contributed by atoms with E-state index in [0.29, 0.717) is 13.2 Å². The monoisotopic (exact) mass is 299 g/mol. The second-order valence-corrected chi connectivity index (χ2v) is 5.42. The third-order valence-corrected chi connectivity index (χ3v) is 4.05. The lowest BCUT2D eigenvalue weighted by Gasteiger charge is -2.20. The zero-order valence-corrected chi connectivity index (χ0v) is 13.5. The Labute approximate surface area is 121 Å². The van der Waals surface area contributed by atoms with Crippen molar-refractivity contribution in [2.24, 2.45) is 5.16 Å². The van der Waals surface area contributed by atoms with Gasteiger partial charge in [0.2, 0.25) is 0 Å². The van der Waals surface area contributed by atoms with Crippen molar-refractivity contribution < 1.29 is 18.8 Å². The van der Waals surface area contributed by atoms with E-state index in [1.165, 1.54) is 6.21 Å². The van der Waals surface area contributed by atoms with Crippen LogP contribution in [0.5, 0.6) is 5.75 Å². The highest BCUT2D eigenvalue weighted by molar-refractivity contribution is 7.42. The number of benzene rings is 1. The molecule has 0 bridgehead atoms. The normalized spacial score (nSPS) is 11.5. The Hall–Kier alpha value is -1.16. The first-order valence-corrected chi connectivity index (χ1v) is 7.66. The standard InChI is InChI=1S/C14H22NO4P/c1-6-17-20(18-7-2)19-14-11(4)8-10(3)13(9-15-16)12(14)5/h8-9,16H,6-7H2,1-5H3/b15-9+. The van der Waals surface area contributed by atoms with Gasteiger partial charge in [-0.15, -0.1) is 0 Å². The van der Waals surface area contributed by atoms with Crippen molar-refractivity contribution in [3.63, 3.8) is 0 Å². The highest BCUT2D eigenvalue weighted by atomic mass is 31.2. The fourth-order valence-corrected chi connectivity index (χ4v) is 2.99. The molecular weight excluding hydrogens is 277 g/mol. The summed E-state index contributed by atoms with van der Waals surface area (Å²) in [4.78, 5) is 0. The van der Waals surface area contributed by atoms with Crippen molar-refractivity contribution >= 4 is 14.8 Å². The fraction of sp³-hybridized carbons (Fsp3) is 0.500. The van der Waals surface area contributed by atoms with E-state index in [2.05, 4.69) is 5.16 Å². The molecule has 0 heterocycles. The van der Waals surface area contributed by atoms with E-state index in [4.69, 9.17) is 18.8 Å². The molecule has 1 aromatic carbocycles. The van der Waals surface area contributed by atoms with Crippen LogP contribution in [0.3, 0.4) is 0 Å². The molecule has 0 saturated carbocycles. The Bertz CT molecular complexity index is 471. The molecule has 0 aliphatic rings. The van der Waals surface area contributed by atoms with Gasteiger partial charge in [0.25, 0.3) is 0 Å². The molecule has 5 nitrogen and oxygen atoms in total. The fourth-order valence-electron chi connectivity index (χ4n) is 1.95. The summed E-state index contributed by atoms with van der Waals surface area (Å²) < 4.78 is 16.8. The van der Waals surface area contributed by atoms with Gasteiger partial charge in [0, 0.05) is 11.1 Å². The maximum absolute atomic E-state index is 8.76. The van der Waals surface area contributed by atoms with Gasteiger partial charge >= 0.3 is 8.60 Å². The van der Waals surface area contributed by atoms with Crippen molar-refractivity contribution in [2.75, 3.05) is 13.2 Å². The summed E-state index contributed by atoms with van der Waals surface area (Å²) in [5.74, 6) is 0.721. The Kier molecular flexibility index (Phi) is 6.93. The van der Waals surface area contributed by atoms with Crippen molar-refractivity contribution in [3.05, 3.63) is 28.3 Å². The lowest BCUT2D eigenvalue weighted by molar-refractivity contribution is 0.220. The van der Waals surface area contributed by atoms with Gasteiger partial charge in [-0.1, -0.05) is 11.2 Å². The first-order valence-electron chi connectivity index (χ1n) is 6.57. The van der Waals surface area contributed by atoms with Gasteiger partial charge in [0.05, 0.1) is 19.4 Å². The van der Waals surface area contributed by atoms with Gasteiger partial charge in [0.15, 0.2) is 0 Å². The van der Waals surface area contributed by atoms with Crippen LogP contribution in [-0.4, -0.2) is 24.6 Å². The molecule has 0 amide bonds. The van der Waals surface area contributed by atoms with Gasteiger partial charge < -0.3 is 18.8 Å². The Morgan fingerprint density at radius 1 is 1.15 bits per heavy atom. The minimum absolute atomic E-state index is 0.528. The Morgan fingerprint density at radius 2 is 1.75 bits per heavy atom. The first-order chi connectivity index (χ1) is 9.54. The summed E-state index contributed by atoms with van der Waals surface area (Å²) >= 11 is 0. The van der Waals surface area contributed by atoms with Gasteiger partial charge in [-0.05, 0) is 45.7 Å². The van der Waals surface area contributed by atoms with Crippen molar-refractivity contribution in [3.8, 4) is 5.75 Å². The lowest BCUT2D eigenvalue weighted by Crippen LogP contribution is -2.03. The van der Waals surface area contributed by atoms with Crippen LogP contribution in [0.15, 0.2) is 11.2 Å². The van der Waals surface area contributed by atoms with Crippen molar-refractivity contribution in [1.29, 1.82) is 0 Å². The molecule has 1 aromatic rings. The summed E-state index contributed by atoms with van der Waals surface area (Å²) in [6, 6.07) is 1.99. The molecule has 6 heteroatoms. The zero-order valence-electron chi connectivity index (χ0n) is 12.6. The maximum atomic E-state index is 8.76. The van der Waals surface area contributed by atoms with Gasteiger partial charge in [0.1, 0.15) is 5.75 Å². The summed E-state index contributed by atoms with van der Waals surface area (Å²) in [7, 11) is -1.41. The molecule has 0 spiro atoms. The Balaban J connectivity index is 3.13. The van der Waals surface area contributed by atoms with Crippen LogP contribution in [0.25, 0.3) is 0 Å². The summed E-state index contributed by atoms with van der Waals surface area (Å²) in [5, 5.41) is 11.9. The number of hydrogen-bond donors (Lipinski definition) is 1. The second-order valence-electron chi connectivity index (χ2n) is 4.27.